The number of nitrogens with zero attached hydrogens (tertiary/aromatic N) is 2. The third-order valence-electron chi connectivity index (χ3n) is 5.05. The molecule has 0 aromatic carbocycles. The van der Waals surface area contributed by atoms with Crippen LogP contribution in [0.1, 0.15) is 30.4 Å². The number of halogens is 3. The molecule has 1 fully saturated rings. The molecular weight excluding hydrogens is 371 g/mol. The number of alkyl halides is 3. The number of ether oxygens (including phenoxy) is 1. The van der Waals surface area contributed by atoms with Crippen LogP contribution in [0.3, 0.4) is 0 Å². The minimum atomic E-state index is -4.37. The van der Waals surface area contributed by atoms with Gasteiger partial charge in [-0.15, -0.1) is 0 Å². The van der Waals surface area contributed by atoms with Crippen LogP contribution in [0.25, 0.3) is 0 Å². The second-order valence-corrected chi connectivity index (χ2v) is 7.15. The molecule has 0 saturated carbocycles. The van der Waals surface area contributed by atoms with E-state index in [1.54, 1.807) is 18.3 Å². The van der Waals surface area contributed by atoms with Crippen LogP contribution in [0, 0.1) is 5.92 Å². The summed E-state index contributed by atoms with van der Waals surface area (Å²) < 4.78 is 42.0. The minimum Gasteiger partial charge on any atom is -0.468 e. The Bertz CT molecular complexity index is 815. The van der Waals surface area contributed by atoms with E-state index in [1.165, 1.54) is 6.20 Å². The molecule has 0 amide bonds. The van der Waals surface area contributed by atoms with E-state index in [-0.39, 0.29) is 11.4 Å². The fraction of sp³-hybridized carbons (Fsp3) is 0.500. The minimum absolute atomic E-state index is 0.0485. The van der Waals surface area contributed by atoms with Crippen LogP contribution in [0.4, 0.5) is 13.2 Å². The number of hydrogen-bond donors (Lipinski definition) is 1. The zero-order valence-corrected chi connectivity index (χ0v) is 15.5. The Morgan fingerprint density at radius 1 is 1.18 bits per heavy atom. The second-order valence-electron chi connectivity index (χ2n) is 7.15. The normalized spacial score (nSPS) is 16.2. The van der Waals surface area contributed by atoms with Gasteiger partial charge in [-0.05, 0) is 56.8 Å². The molecule has 1 saturated heterocycles. The van der Waals surface area contributed by atoms with E-state index in [4.69, 9.17) is 4.74 Å². The largest absolute Gasteiger partial charge is 0.468 e. The van der Waals surface area contributed by atoms with Crippen LogP contribution in [0.15, 0.2) is 41.5 Å². The molecule has 0 aliphatic carbocycles. The van der Waals surface area contributed by atoms with Crippen LogP contribution < -0.4 is 10.3 Å². The number of aryl methyl sites for hydroxylation is 1. The predicted octanol–water partition coefficient (Wildman–Crippen LogP) is 3.56. The summed E-state index contributed by atoms with van der Waals surface area (Å²) in [6.45, 7) is 1.13. The monoisotopic (exact) mass is 395 g/mol. The highest BCUT2D eigenvalue weighted by molar-refractivity contribution is 5.25. The van der Waals surface area contributed by atoms with Gasteiger partial charge in [0, 0.05) is 30.1 Å². The van der Waals surface area contributed by atoms with Crippen LogP contribution >= 0.6 is 0 Å². The highest BCUT2D eigenvalue weighted by Crippen LogP contribution is 2.26. The van der Waals surface area contributed by atoms with E-state index in [0.717, 1.165) is 37.9 Å². The fourth-order valence-electron chi connectivity index (χ4n) is 3.51. The van der Waals surface area contributed by atoms with Gasteiger partial charge in [0.15, 0.2) is 6.61 Å². The lowest BCUT2D eigenvalue weighted by molar-refractivity contribution is -0.154. The molecule has 2 aromatic heterocycles. The van der Waals surface area contributed by atoms with Crippen LogP contribution in [-0.2, 0) is 13.0 Å². The zero-order chi connectivity index (χ0) is 20.0. The molecule has 1 aliphatic heterocycles. The number of aromatic amines is 1. The molecule has 8 heteroatoms. The number of rotatable bonds is 7. The Morgan fingerprint density at radius 3 is 2.64 bits per heavy atom. The third kappa shape index (κ3) is 6.09. The first-order valence-corrected chi connectivity index (χ1v) is 9.43. The molecule has 2 aromatic rings. The number of hydrogen-bond acceptors (Lipinski definition) is 4. The molecule has 5 nitrogen and oxygen atoms in total. The van der Waals surface area contributed by atoms with Crippen molar-refractivity contribution in [3.8, 4) is 5.88 Å². The van der Waals surface area contributed by atoms with E-state index < -0.39 is 12.8 Å². The summed E-state index contributed by atoms with van der Waals surface area (Å²) in [5.74, 6) is 0.571. The summed E-state index contributed by atoms with van der Waals surface area (Å²) in [6, 6.07) is 7.16. The van der Waals surface area contributed by atoms with Gasteiger partial charge in [-0.25, -0.2) is 4.98 Å². The highest BCUT2D eigenvalue weighted by atomic mass is 19.4. The summed E-state index contributed by atoms with van der Waals surface area (Å²) in [7, 11) is 0. The van der Waals surface area contributed by atoms with Crippen molar-refractivity contribution in [2.45, 2.75) is 38.4 Å². The van der Waals surface area contributed by atoms with E-state index in [9.17, 15) is 18.0 Å². The first-order valence-electron chi connectivity index (χ1n) is 9.43. The van der Waals surface area contributed by atoms with Crippen molar-refractivity contribution in [2.75, 3.05) is 19.7 Å². The van der Waals surface area contributed by atoms with Crippen molar-refractivity contribution in [3.05, 3.63) is 58.1 Å². The average molecular weight is 395 g/mol. The van der Waals surface area contributed by atoms with Crippen molar-refractivity contribution in [1.29, 1.82) is 0 Å². The SMILES string of the molecule is O=c1[nH]cccc1CN1CCC(CCc2cccnc2OCC(F)(F)F)CC1. The lowest BCUT2D eigenvalue weighted by Gasteiger charge is -2.31. The Kier molecular flexibility index (Phi) is 6.72. The van der Waals surface area contributed by atoms with Gasteiger partial charge in [0.05, 0.1) is 0 Å². The molecule has 0 unspecified atom stereocenters. The molecule has 0 atom stereocenters. The zero-order valence-electron chi connectivity index (χ0n) is 15.5. The highest BCUT2D eigenvalue weighted by Gasteiger charge is 2.29. The molecule has 0 radical (unpaired) electrons. The number of piperidine rings is 1. The molecule has 1 aliphatic rings. The summed E-state index contributed by atoms with van der Waals surface area (Å²) >= 11 is 0. The van der Waals surface area contributed by atoms with Crippen molar-refractivity contribution >= 4 is 0 Å². The smallest absolute Gasteiger partial charge is 0.422 e. The fourth-order valence-corrected chi connectivity index (χ4v) is 3.51. The van der Waals surface area contributed by atoms with Gasteiger partial charge in [-0.2, -0.15) is 13.2 Å². The van der Waals surface area contributed by atoms with Gasteiger partial charge in [-0.3, -0.25) is 9.69 Å². The average Bonchev–Trinajstić information content (AvgIpc) is 2.68. The van der Waals surface area contributed by atoms with Crippen LogP contribution in [0.2, 0.25) is 0 Å². The van der Waals surface area contributed by atoms with Crippen molar-refractivity contribution in [1.82, 2.24) is 14.9 Å². The van der Waals surface area contributed by atoms with E-state index in [0.29, 0.717) is 24.4 Å². The molecular formula is C20H24F3N3O2. The molecule has 152 valence electrons. The number of nitrogens with one attached hydrogen (secondary N) is 1. The molecule has 0 spiro atoms. The Balaban J connectivity index is 1.47. The van der Waals surface area contributed by atoms with E-state index in [1.807, 2.05) is 12.1 Å². The maximum Gasteiger partial charge on any atom is 0.422 e. The molecule has 3 rings (SSSR count). The molecule has 3 heterocycles. The Labute approximate surface area is 161 Å². The first-order chi connectivity index (χ1) is 13.4. The standard InChI is InChI=1S/C20H24F3N3O2/c21-20(22,23)14-28-19-16(3-1-10-25-19)6-5-15-7-11-26(12-8-15)13-17-4-2-9-24-18(17)27/h1-4,9-10,15H,5-8,11-14H2,(H,24,27). The predicted molar refractivity (Wildman–Crippen MR) is 99.2 cm³/mol. The lowest BCUT2D eigenvalue weighted by atomic mass is 9.90. The van der Waals surface area contributed by atoms with Gasteiger partial charge in [-0.1, -0.05) is 12.1 Å². The quantitative estimate of drug-likeness (QED) is 0.779. The van der Waals surface area contributed by atoms with Crippen molar-refractivity contribution in [3.63, 3.8) is 0 Å². The van der Waals surface area contributed by atoms with Gasteiger partial charge in [0.2, 0.25) is 5.88 Å². The summed E-state index contributed by atoms with van der Waals surface area (Å²) in [5, 5.41) is 0. The number of pyridine rings is 2. The van der Waals surface area contributed by atoms with Gasteiger partial charge < -0.3 is 9.72 Å². The Morgan fingerprint density at radius 2 is 1.93 bits per heavy atom. The van der Waals surface area contributed by atoms with E-state index >= 15 is 0 Å². The summed E-state index contributed by atoms with van der Waals surface area (Å²) in [5.41, 5.74) is 1.43. The van der Waals surface area contributed by atoms with E-state index in [2.05, 4.69) is 14.9 Å². The maximum absolute atomic E-state index is 12.4. The summed E-state index contributed by atoms with van der Waals surface area (Å²) in [6.07, 6.45) is 2.23. The number of likely N-dealkylation sites (tertiary alicyclic amines) is 1. The maximum atomic E-state index is 12.4. The second kappa shape index (κ2) is 9.23. The molecule has 1 N–H and O–H groups in total. The van der Waals surface area contributed by atoms with Gasteiger partial charge in [0.25, 0.3) is 5.56 Å². The Hall–Kier alpha value is -2.35. The number of H-pyrrole nitrogens is 1. The summed E-state index contributed by atoms with van der Waals surface area (Å²) in [4.78, 5) is 20.7. The lowest BCUT2D eigenvalue weighted by Crippen LogP contribution is -2.35. The molecule has 0 bridgehead atoms. The topological polar surface area (TPSA) is 58.2 Å². The molecule has 28 heavy (non-hydrogen) atoms. The van der Waals surface area contributed by atoms with Gasteiger partial charge in [0.1, 0.15) is 0 Å². The first kappa shape index (κ1) is 20.4. The third-order valence-corrected chi connectivity index (χ3v) is 5.05. The van der Waals surface area contributed by atoms with Gasteiger partial charge >= 0.3 is 6.18 Å². The van der Waals surface area contributed by atoms with Crippen LogP contribution in [-0.4, -0.2) is 40.7 Å². The van der Waals surface area contributed by atoms with Crippen molar-refractivity contribution < 1.29 is 17.9 Å². The number of aromatic nitrogens is 2. The van der Waals surface area contributed by atoms with Crippen LogP contribution in [0.5, 0.6) is 5.88 Å². The van der Waals surface area contributed by atoms with Crippen molar-refractivity contribution in [2.24, 2.45) is 5.92 Å².